The molecule has 1 aromatic carbocycles. The predicted octanol–water partition coefficient (Wildman–Crippen LogP) is 3.63. The van der Waals surface area contributed by atoms with E-state index in [-0.39, 0.29) is 24.3 Å². The van der Waals surface area contributed by atoms with E-state index in [2.05, 4.69) is 20.5 Å². The first-order valence-electron chi connectivity index (χ1n) is 9.85. The maximum Gasteiger partial charge on any atom is 0.243 e. The lowest BCUT2D eigenvalue weighted by Gasteiger charge is -2.32. The number of nitrogens with one attached hydrogen (secondary N) is 2. The quantitative estimate of drug-likeness (QED) is 0.783. The highest BCUT2D eigenvalue weighted by Crippen LogP contribution is 2.23. The fraction of sp³-hybridized carbons (Fsp3) is 0.409. The highest BCUT2D eigenvalue weighted by atomic mass is 35.5. The Hall–Kier alpha value is -2.60. The topological polar surface area (TPSA) is 74.3 Å². The van der Waals surface area contributed by atoms with E-state index >= 15 is 0 Å². The Labute approximate surface area is 176 Å². The average molecular weight is 415 g/mol. The van der Waals surface area contributed by atoms with Crippen LogP contribution in [-0.4, -0.2) is 36.4 Å². The maximum atomic E-state index is 12.5. The second kappa shape index (κ2) is 9.27. The van der Waals surface area contributed by atoms with Gasteiger partial charge in [-0.15, -0.1) is 0 Å². The largest absolute Gasteiger partial charge is 0.357 e. The molecule has 3 rings (SSSR count). The van der Waals surface area contributed by atoms with Crippen LogP contribution in [0.3, 0.4) is 0 Å². The third-order valence-corrected chi connectivity index (χ3v) is 5.49. The van der Waals surface area contributed by atoms with Crippen LogP contribution in [0.1, 0.15) is 29.5 Å². The highest BCUT2D eigenvalue weighted by Gasteiger charge is 2.25. The lowest BCUT2D eigenvalue weighted by molar-refractivity contribution is -0.127. The number of aryl methyl sites for hydroxylation is 3. The third-order valence-electron chi connectivity index (χ3n) is 5.27. The summed E-state index contributed by atoms with van der Waals surface area (Å²) in [5.74, 6) is 0.503. The molecule has 2 aromatic rings. The van der Waals surface area contributed by atoms with Gasteiger partial charge in [-0.1, -0.05) is 29.3 Å². The van der Waals surface area contributed by atoms with Crippen LogP contribution in [0.25, 0.3) is 0 Å². The zero-order valence-corrected chi connectivity index (χ0v) is 17.8. The smallest absolute Gasteiger partial charge is 0.243 e. The number of hydrogen-bond acceptors (Lipinski definition) is 4. The molecule has 7 heteroatoms. The van der Waals surface area contributed by atoms with E-state index in [1.54, 1.807) is 6.20 Å². The lowest BCUT2D eigenvalue weighted by atomic mass is 9.96. The van der Waals surface area contributed by atoms with Gasteiger partial charge in [0.05, 0.1) is 11.6 Å². The van der Waals surface area contributed by atoms with Crippen molar-refractivity contribution in [2.75, 3.05) is 29.9 Å². The summed E-state index contributed by atoms with van der Waals surface area (Å²) >= 11 is 5.88. The highest BCUT2D eigenvalue weighted by molar-refractivity contribution is 6.30. The van der Waals surface area contributed by atoms with E-state index in [9.17, 15) is 9.59 Å². The molecule has 1 aliphatic rings. The van der Waals surface area contributed by atoms with Crippen molar-refractivity contribution in [3.05, 3.63) is 52.2 Å². The first-order valence-corrected chi connectivity index (χ1v) is 10.2. The van der Waals surface area contributed by atoms with Gasteiger partial charge in [0, 0.05) is 30.9 Å². The molecule has 2 heterocycles. The van der Waals surface area contributed by atoms with Crippen LogP contribution in [0.4, 0.5) is 11.5 Å². The van der Waals surface area contributed by atoms with Crippen LogP contribution in [0.15, 0.2) is 30.5 Å². The Morgan fingerprint density at radius 2 is 1.79 bits per heavy atom. The van der Waals surface area contributed by atoms with Crippen molar-refractivity contribution in [1.29, 1.82) is 0 Å². The van der Waals surface area contributed by atoms with Crippen molar-refractivity contribution in [3.63, 3.8) is 0 Å². The van der Waals surface area contributed by atoms with Crippen LogP contribution in [-0.2, 0) is 9.59 Å². The molecule has 0 bridgehead atoms. The molecule has 2 N–H and O–H groups in total. The molecule has 1 aromatic heterocycles. The number of pyridine rings is 1. The minimum atomic E-state index is -0.212. The zero-order chi connectivity index (χ0) is 21.0. The van der Waals surface area contributed by atoms with Gasteiger partial charge in [-0.2, -0.15) is 0 Å². The Bertz CT molecular complexity index is 867. The summed E-state index contributed by atoms with van der Waals surface area (Å²) in [6.07, 6.45) is 3.09. The number of amides is 2. The van der Waals surface area contributed by atoms with Gasteiger partial charge in [0.25, 0.3) is 0 Å². The first-order chi connectivity index (χ1) is 13.8. The summed E-state index contributed by atoms with van der Waals surface area (Å²) in [7, 11) is 0. The zero-order valence-electron chi connectivity index (χ0n) is 17.1. The van der Waals surface area contributed by atoms with Gasteiger partial charge in [-0.3, -0.25) is 9.59 Å². The van der Waals surface area contributed by atoms with Gasteiger partial charge in [0.15, 0.2) is 0 Å². The number of anilines is 2. The number of carbonyl (C=O) groups excluding carboxylic acids is 2. The molecule has 154 valence electrons. The third kappa shape index (κ3) is 5.48. The fourth-order valence-electron chi connectivity index (χ4n) is 3.80. The number of benzene rings is 1. The Kier molecular flexibility index (Phi) is 6.75. The summed E-state index contributed by atoms with van der Waals surface area (Å²) in [5.41, 5.74) is 4.01. The summed E-state index contributed by atoms with van der Waals surface area (Å²) < 4.78 is 0. The van der Waals surface area contributed by atoms with Crippen molar-refractivity contribution < 1.29 is 9.59 Å². The summed E-state index contributed by atoms with van der Waals surface area (Å²) in [6, 6.07) is 7.77. The standard InChI is InChI=1S/C22H27ClN4O2/c1-14-10-15(2)21(16(3)11-14)26-20(28)13-25-22(29)17-6-8-27(9-7-17)19-5-4-18(23)12-24-19/h4-5,10-12,17H,6-9,13H2,1-3H3,(H,25,29)(H,26,28). The van der Waals surface area contributed by atoms with Crippen LogP contribution >= 0.6 is 11.6 Å². The molecule has 1 saturated heterocycles. The van der Waals surface area contributed by atoms with Crippen molar-refractivity contribution >= 4 is 34.9 Å². The molecule has 0 aliphatic carbocycles. The van der Waals surface area contributed by atoms with Crippen molar-refractivity contribution in [1.82, 2.24) is 10.3 Å². The number of nitrogens with zero attached hydrogens (tertiary/aromatic N) is 2. The van der Waals surface area contributed by atoms with Gasteiger partial charge in [-0.05, 0) is 56.9 Å². The summed E-state index contributed by atoms with van der Waals surface area (Å²) in [4.78, 5) is 31.3. The van der Waals surface area contributed by atoms with E-state index < -0.39 is 0 Å². The average Bonchev–Trinajstić information content (AvgIpc) is 2.69. The monoisotopic (exact) mass is 414 g/mol. The molecular weight excluding hydrogens is 388 g/mol. The number of hydrogen-bond donors (Lipinski definition) is 2. The van der Waals surface area contributed by atoms with Crippen molar-refractivity contribution in [2.24, 2.45) is 5.92 Å². The van der Waals surface area contributed by atoms with Crippen LogP contribution in [0, 0.1) is 26.7 Å². The second-order valence-electron chi connectivity index (χ2n) is 7.64. The lowest BCUT2D eigenvalue weighted by Crippen LogP contribution is -2.42. The summed E-state index contributed by atoms with van der Waals surface area (Å²) in [6.45, 7) is 7.45. The van der Waals surface area contributed by atoms with E-state index in [0.717, 1.165) is 54.1 Å². The molecule has 0 spiro atoms. The van der Waals surface area contributed by atoms with Gasteiger partial charge in [0.2, 0.25) is 11.8 Å². The Morgan fingerprint density at radius 3 is 2.38 bits per heavy atom. The molecule has 1 aliphatic heterocycles. The molecule has 29 heavy (non-hydrogen) atoms. The summed E-state index contributed by atoms with van der Waals surface area (Å²) in [5, 5.41) is 6.31. The van der Waals surface area contributed by atoms with Gasteiger partial charge in [0.1, 0.15) is 5.82 Å². The van der Waals surface area contributed by atoms with Gasteiger partial charge >= 0.3 is 0 Å². The Balaban J connectivity index is 1.46. The van der Waals surface area contributed by atoms with Crippen LogP contribution in [0.2, 0.25) is 5.02 Å². The molecule has 2 amide bonds. The second-order valence-corrected chi connectivity index (χ2v) is 8.07. The number of aromatic nitrogens is 1. The van der Waals surface area contributed by atoms with Crippen LogP contribution in [0.5, 0.6) is 0 Å². The predicted molar refractivity (Wildman–Crippen MR) is 116 cm³/mol. The van der Waals surface area contributed by atoms with E-state index in [0.29, 0.717) is 5.02 Å². The maximum absolute atomic E-state index is 12.5. The number of halogens is 1. The molecule has 6 nitrogen and oxygen atoms in total. The van der Waals surface area contributed by atoms with Crippen LogP contribution < -0.4 is 15.5 Å². The van der Waals surface area contributed by atoms with Gasteiger partial charge < -0.3 is 15.5 Å². The minimum Gasteiger partial charge on any atom is -0.357 e. The molecule has 0 saturated carbocycles. The van der Waals surface area contributed by atoms with E-state index in [1.807, 2.05) is 45.0 Å². The van der Waals surface area contributed by atoms with Crippen molar-refractivity contribution in [2.45, 2.75) is 33.6 Å². The van der Waals surface area contributed by atoms with E-state index in [1.165, 1.54) is 0 Å². The molecule has 0 radical (unpaired) electrons. The van der Waals surface area contributed by atoms with Gasteiger partial charge in [-0.25, -0.2) is 4.98 Å². The normalized spacial score (nSPS) is 14.6. The number of carbonyl (C=O) groups is 2. The molecule has 0 unspecified atom stereocenters. The molecular formula is C22H27ClN4O2. The Morgan fingerprint density at radius 1 is 1.14 bits per heavy atom. The first kappa shape index (κ1) is 21.1. The van der Waals surface area contributed by atoms with E-state index in [4.69, 9.17) is 11.6 Å². The van der Waals surface area contributed by atoms with Crippen molar-refractivity contribution in [3.8, 4) is 0 Å². The fourth-order valence-corrected chi connectivity index (χ4v) is 3.91. The molecule has 0 atom stereocenters. The number of rotatable bonds is 5. The minimum absolute atomic E-state index is 0.0233. The molecule has 1 fully saturated rings. The number of piperidine rings is 1. The SMILES string of the molecule is Cc1cc(C)c(NC(=O)CNC(=O)C2CCN(c3ccc(Cl)cn3)CC2)c(C)c1.